The van der Waals surface area contributed by atoms with Gasteiger partial charge in [-0.25, -0.2) is 13.1 Å². The predicted octanol–water partition coefficient (Wildman–Crippen LogP) is 2.90. The van der Waals surface area contributed by atoms with Gasteiger partial charge in [0.2, 0.25) is 15.9 Å². The molecule has 6 heteroatoms. The average molecular weight is 365 g/mol. The number of carbonyl (C=O) groups is 1. The molecule has 0 aliphatic heterocycles. The molecule has 0 aromatic heterocycles. The van der Waals surface area contributed by atoms with E-state index in [0.717, 1.165) is 31.2 Å². The van der Waals surface area contributed by atoms with Gasteiger partial charge < -0.3 is 5.32 Å². The Hall–Kier alpha value is -1.40. The Kier molecular flexibility index (Phi) is 6.12. The summed E-state index contributed by atoms with van der Waals surface area (Å²) in [5.41, 5.74) is 0.987. The molecule has 2 saturated carbocycles. The molecule has 138 valence electrons. The lowest BCUT2D eigenvalue weighted by atomic mass is 10.1. The van der Waals surface area contributed by atoms with Crippen molar-refractivity contribution in [3.8, 4) is 0 Å². The van der Waals surface area contributed by atoms with Gasteiger partial charge in [0.1, 0.15) is 0 Å². The Bertz CT molecular complexity index is 673. The minimum atomic E-state index is -3.40. The molecule has 0 bridgehead atoms. The van der Waals surface area contributed by atoms with E-state index in [9.17, 15) is 13.2 Å². The van der Waals surface area contributed by atoms with Gasteiger partial charge in [0, 0.05) is 18.5 Å². The van der Waals surface area contributed by atoms with E-state index >= 15 is 0 Å². The van der Waals surface area contributed by atoms with E-state index in [1.54, 1.807) is 24.3 Å². The Morgan fingerprint density at radius 1 is 0.920 bits per heavy atom. The third-order valence-electron chi connectivity index (χ3n) is 4.99. The number of sulfonamides is 1. The largest absolute Gasteiger partial charge is 0.353 e. The topological polar surface area (TPSA) is 75.3 Å². The minimum Gasteiger partial charge on any atom is -0.353 e. The molecule has 1 aromatic rings. The second kappa shape index (κ2) is 8.32. The number of rotatable bonds is 7. The molecular formula is C19H28N2O3S. The zero-order chi connectivity index (χ0) is 17.7. The zero-order valence-electron chi connectivity index (χ0n) is 14.7. The van der Waals surface area contributed by atoms with Gasteiger partial charge in [-0.15, -0.1) is 0 Å². The van der Waals surface area contributed by atoms with Crippen LogP contribution < -0.4 is 10.0 Å². The van der Waals surface area contributed by atoms with E-state index < -0.39 is 10.0 Å². The van der Waals surface area contributed by atoms with Crippen LogP contribution in [0.2, 0.25) is 0 Å². The van der Waals surface area contributed by atoms with E-state index in [1.807, 2.05) is 0 Å². The fourth-order valence-electron chi connectivity index (χ4n) is 3.31. The molecule has 25 heavy (non-hydrogen) atoms. The Morgan fingerprint density at radius 3 is 2.16 bits per heavy atom. The molecule has 0 atom stereocenters. The monoisotopic (exact) mass is 364 g/mol. The molecular weight excluding hydrogens is 336 g/mol. The van der Waals surface area contributed by atoms with Crippen molar-refractivity contribution in [2.24, 2.45) is 0 Å². The lowest BCUT2D eigenvalue weighted by molar-refractivity contribution is -0.121. The molecule has 0 spiro atoms. The van der Waals surface area contributed by atoms with E-state index in [4.69, 9.17) is 0 Å². The van der Waals surface area contributed by atoms with E-state index in [0.29, 0.717) is 23.8 Å². The first-order valence-electron chi connectivity index (χ1n) is 9.43. The average Bonchev–Trinajstić information content (AvgIpc) is 3.41. The van der Waals surface area contributed by atoms with Gasteiger partial charge in [-0.3, -0.25) is 4.79 Å². The molecule has 0 unspecified atom stereocenters. The molecule has 3 rings (SSSR count). The minimum absolute atomic E-state index is 0.0963. The van der Waals surface area contributed by atoms with Gasteiger partial charge in [-0.05, 0) is 49.8 Å². The van der Waals surface area contributed by atoms with Gasteiger partial charge >= 0.3 is 0 Å². The van der Waals surface area contributed by atoms with Crippen LogP contribution in [0.4, 0.5) is 0 Å². The Balaban J connectivity index is 1.47. The predicted molar refractivity (Wildman–Crippen MR) is 97.7 cm³/mol. The van der Waals surface area contributed by atoms with Gasteiger partial charge in [0.15, 0.2) is 0 Å². The fourth-order valence-corrected chi connectivity index (χ4v) is 4.61. The quantitative estimate of drug-likeness (QED) is 0.731. The Morgan fingerprint density at radius 2 is 1.56 bits per heavy atom. The van der Waals surface area contributed by atoms with Gasteiger partial charge in [0.25, 0.3) is 0 Å². The van der Waals surface area contributed by atoms with Crippen LogP contribution in [0.15, 0.2) is 29.2 Å². The van der Waals surface area contributed by atoms with E-state index in [2.05, 4.69) is 10.0 Å². The van der Waals surface area contributed by atoms with Crippen LogP contribution in [0, 0.1) is 0 Å². The van der Waals surface area contributed by atoms with Crippen molar-refractivity contribution in [3.05, 3.63) is 29.8 Å². The van der Waals surface area contributed by atoms with Crippen molar-refractivity contribution in [1.29, 1.82) is 0 Å². The highest BCUT2D eigenvalue weighted by molar-refractivity contribution is 7.89. The number of hydrogen-bond acceptors (Lipinski definition) is 3. The number of aryl methyl sites for hydroxylation is 1. The smallest absolute Gasteiger partial charge is 0.240 e. The number of hydrogen-bond donors (Lipinski definition) is 2. The maximum Gasteiger partial charge on any atom is 0.240 e. The first kappa shape index (κ1) is 18.4. The summed E-state index contributed by atoms with van der Waals surface area (Å²) >= 11 is 0. The van der Waals surface area contributed by atoms with Crippen LogP contribution in [0.3, 0.4) is 0 Å². The molecule has 0 heterocycles. The zero-order valence-corrected chi connectivity index (χ0v) is 15.5. The Labute approximate surface area is 150 Å². The molecule has 2 N–H and O–H groups in total. The number of nitrogens with one attached hydrogen (secondary N) is 2. The fraction of sp³-hybridized carbons (Fsp3) is 0.632. The summed E-state index contributed by atoms with van der Waals surface area (Å²) in [6, 6.07) is 7.31. The van der Waals surface area contributed by atoms with Crippen molar-refractivity contribution in [2.75, 3.05) is 0 Å². The van der Waals surface area contributed by atoms with Crippen molar-refractivity contribution < 1.29 is 13.2 Å². The summed E-state index contributed by atoms with van der Waals surface area (Å²) in [7, 11) is -3.40. The van der Waals surface area contributed by atoms with Gasteiger partial charge in [0.05, 0.1) is 4.90 Å². The first-order valence-corrected chi connectivity index (χ1v) is 10.9. The molecule has 2 aliphatic carbocycles. The van der Waals surface area contributed by atoms with Crippen LogP contribution in [0.5, 0.6) is 0 Å². The van der Waals surface area contributed by atoms with Crippen LogP contribution in [-0.4, -0.2) is 26.4 Å². The summed E-state index contributed by atoms with van der Waals surface area (Å²) in [4.78, 5) is 12.4. The summed E-state index contributed by atoms with van der Waals surface area (Å²) in [6.07, 6.45) is 10.1. The van der Waals surface area contributed by atoms with Crippen molar-refractivity contribution >= 4 is 15.9 Å². The molecule has 2 fully saturated rings. The molecule has 2 aliphatic rings. The molecule has 5 nitrogen and oxygen atoms in total. The second-order valence-electron chi connectivity index (χ2n) is 7.30. The van der Waals surface area contributed by atoms with Crippen LogP contribution in [0.1, 0.15) is 63.4 Å². The second-order valence-corrected chi connectivity index (χ2v) is 9.01. The molecule has 0 saturated heterocycles. The lowest BCUT2D eigenvalue weighted by Crippen LogP contribution is -2.34. The molecule has 0 radical (unpaired) electrons. The maximum atomic E-state index is 12.1. The van der Waals surface area contributed by atoms with E-state index in [-0.39, 0.29) is 11.9 Å². The highest BCUT2D eigenvalue weighted by Crippen LogP contribution is 2.22. The molecule has 1 amide bonds. The summed E-state index contributed by atoms with van der Waals surface area (Å²) in [5.74, 6) is 0.0963. The van der Waals surface area contributed by atoms with Crippen molar-refractivity contribution in [3.63, 3.8) is 0 Å². The SMILES string of the molecule is O=C(CCc1ccc(S(=O)(=O)NC2CC2)cc1)NC1CCCCCC1. The van der Waals surface area contributed by atoms with Crippen molar-refractivity contribution in [1.82, 2.24) is 10.0 Å². The van der Waals surface area contributed by atoms with Crippen LogP contribution >= 0.6 is 0 Å². The maximum absolute atomic E-state index is 12.1. The van der Waals surface area contributed by atoms with Gasteiger partial charge in [-0.1, -0.05) is 37.8 Å². The first-order chi connectivity index (χ1) is 12.0. The number of carbonyl (C=O) groups excluding carboxylic acids is 1. The third kappa shape index (κ3) is 5.82. The summed E-state index contributed by atoms with van der Waals surface area (Å²) in [5, 5.41) is 3.15. The number of amides is 1. The van der Waals surface area contributed by atoms with Crippen molar-refractivity contribution in [2.45, 2.75) is 81.2 Å². The molecule has 1 aromatic carbocycles. The third-order valence-corrected chi connectivity index (χ3v) is 6.53. The van der Waals surface area contributed by atoms with Crippen LogP contribution in [-0.2, 0) is 21.2 Å². The van der Waals surface area contributed by atoms with Gasteiger partial charge in [-0.2, -0.15) is 0 Å². The van der Waals surface area contributed by atoms with Crippen LogP contribution in [0.25, 0.3) is 0 Å². The van der Waals surface area contributed by atoms with E-state index in [1.165, 1.54) is 25.7 Å². The highest BCUT2D eigenvalue weighted by Gasteiger charge is 2.27. The standard InChI is InChI=1S/C19H28N2O3S/c22-19(20-16-5-3-1-2-4-6-16)14-9-15-7-12-18(13-8-15)25(23,24)21-17-10-11-17/h7-8,12-13,16-17,21H,1-6,9-11,14H2,(H,20,22). The normalized spacial score (nSPS) is 19.4. The summed E-state index contributed by atoms with van der Waals surface area (Å²) in [6.45, 7) is 0. The lowest BCUT2D eigenvalue weighted by Gasteiger charge is -2.16. The highest BCUT2D eigenvalue weighted by atomic mass is 32.2. The number of benzene rings is 1. The summed E-state index contributed by atoms with van der Waals surface area (Å²) < 4.78 is 26.9.